The monoisotopic (exact) mass is 244 g/mol. The number of ether oxygens (including phenoxy) is 1. The third kappa shape index (κ3) is 2.89. The Morgan fingerprint density at radius 1 is 0.889 bits per heavy atom. The molecule has 0 radical (unpaired) electrons. The summed E-state index contributed by atoms with van der Waals surface area (Å²) >= 11 is 0. The predicted molar refractivity (Wildman–Crippen MR) is 71.4 cm³/mol. The quantitative estimate of drug-likeness (QED) is 0.780. The topological polar surface area (TPSA) is 9.23 Å². The third-order valence-electron chi connectivity index (χ3n) is 3.12. The van der Waals surface area contributed by atoms with Gasteiger partial charge in [0.2, 0.25) is 0 Å². The normalized spacial score (nSPS) is 10.4. The van der Waals surface area contributed by atoms with Gasteiger partial charge in [0.1, 0.15) is 18.2 Å². The minimum Gasteiger partial charge on any atom is -0.489 e. The lowest BCUT2D eigenvalue weighted by Crippen LogP contribution is -1.97. The van der Waals surface area contributed by atoms with Crippen LogP contribution in [0.3, 0.4) is 0 Å². The molecule has 0 heterocycles. The second-order valence-corrected chi connectivity index (χ2v) is 4.62. The molecule has 0 aromatic heterocycles. The number of rotatable bonds is 3. The molecule has 0 unspecified atom stereocenters. The Hall–Kier alpha value is -1.83. The first-order chi connectivity index (χ1) is 8.56. The summed E-state index contributed by atoms with van der Waals surface area (Å²) < 4.78 is 18.9. The van der Waals surface area contributed by atoms with Gasteiger partial charge in [-0.3, -0.25) is 0 Å². The molecule has 0 bridgehead atoms. The molecule has 0 saturated carbocycles. The van der Waals surface area contributed by atoms with Crippen LogP contribution >= 0.6 is 0 Å². The Labute approximate surface area is 107 Å². The van der Waals surface area contributed by atoms with Crippen LogP contribution in [0, 0.1) is 26.6 Å². The predicted octanol–water partition coefficient (Wildman–Crippen LogP) is 4.33. The van der Waals surface area contributed by atoms with E-state index in [4.69, 9.17) is 4.74 Å². The lowest BCUT2D eigenvalue weighted by atomic mass is 10.1. The number of halogens is 1. The number of aryl methyl sites for hydroxylation is 3. The summed E-state index contributed by atoms with van der Waals surface area (Å²) in [5, 5.41) is 0. The Bertz CT molecular complexity index is 510. The highest BCUT2D eigenvalue weighted by Gasteiger charge is 2.01. The van der Waals surface area contributed by atoms with Crippen LogP contribution in [0.2, 0.25) is 0 Å². The van der Waals surface area contributed by atoms with Crippen LogP contribution in [-0.2, 0) is 6.61 Å². The lowest BCUT2D eigenvalue weighted by Gasteiger charge is -2.09. The average Bonchev–Trinajstić information content (AvgIpc) is 2.35. The van der Waals surface area contributed by atoms with Crippen molar-refractivity contribution in [2.45, 2.75) is 27.4 Å². The van der Waals surface area contributed by atoms with E-state index < -0.39 is 0 Å². The van der Waals surface area contributed by atoms with Gasteiger partial charge >= 0.3 is 0 Å². The summed E-state index contributed by atoms with van der Waals surface area (Å²) in [5.74, 6) is 0.337. The van der Waals surface area contributed by atoms with Crippen molar-refractivity contribution in [2.24, 2.45) is 0 Å². The van der Waals surface area contributed by atoms with Crippen LogP contribution in [0.1, 0.15) is 22.3 Å². The summed E-state index contributed by atoms with van der Waals surface area (Å²) in [6.45, 7) is 6.35. The second kappa shape index (κ2) is 5.21. The maximum atomic E-state index is 13.3. The van der Waals surface area contributed by atoms with Crippen LogP contribution in [0.5, 0.6) is 5.75 Å². The number of hydrogen-bond donors (Lipinski definition) is 0. The third-order valence-corrected chi connectivity index (χ3v) is 3.12. The zero-order valence-electron chi connectivity index (χ0n) is 11.0. The van der Waals surface area contributed by atoms with Crippen LogP contribution in [0.4, 0.5) is 4.39 Å². The smallest absolute Gasteiger partial charge is 0.129 e. The Kier molecular flexibility index (Phi) is 3.66. The molecule has 0 aliphatic carbocycles. The maximum Gasteiger partial charge on any atom is 0.129 e. The summed E-state index contributed by atoms with van der Waals surface area (Å²) in [6, 6.07) is 11.2. The first-order valence-corrected chi connectivity index (χ1v) is 6.01. The van der Waals surface area contributed by atoms with E-state index in [-0.39, 0.29) is 5.82 Å². The van der Waals surface area contributed by atoms with Gasteiger partial charge in [-0.15, -0.1) is 0 Å². The van der Waals surface area contributed by atoms with Crippen LogP contribution < -0.4 is 4.74 Å². The molecule has 0 aliphatic rings. The van der Waals surface area contributed by atoms with Gasteiger partial charge < -0.3 is 4.74 Å². The molecule has 2 rings (SSSR count). The Morgan fingerprint density at radius 2 is 1.61 bits per heavy atom. The molecule has 1 nitrogen and oxygen atoms in total. The SMILES string of the molecule is Cc1ccc(COc2ccc(C)c(F)c2)cc1C. The Balaban J connectivity index is 2.06. The van der Waals surface area contributed by atoms with Gasteiger partial charge in [0, 0.05) is 6.07 Å². The van der Waals surface area contributed by atoms with E-state index in [1.54, 1.807) is 19.1 Å². The summed E-state index contributed by atoms with van der Waals surface area (Å²) in [6.07, 6.45) is 0. The number of hydrogen-bond acceptors (Lipinski definition) is 1. The van der Waals surface area contributed by atoms with E-state index in [0.29, 0.717) is 17.9 Å². The fourth-order valence-electron chi connectivity index (χ4n) is 1.72. The highest BCUT2D eigenvalue weighted by molar-refractivity contribution is 5.31. The van der Waals surface area contributed by atoms with E-state index in [0.717, 1.165) is 5.56 Å². The van der Waals surface area contributed by atoms with E-state index in [1.165, 1.54) is 17.2 Å². The molecule has 18 heavy (non-hydrogen) atoms. The molecular weight excluding hydrogens is 227 g/mol. The minimum atomic E-state index is -0.229. The molecule has 0 amide bonds. The standard InChI is InChI=1S/C16H17FO/c1-11-4-6-14(8-13(11)3)10-18-15-7-5-12(2)16(17)9-15/h4-9H,10H2,1-3H3. The van der Waals surface area contributed by atoms with Crippen molar-refractivity contribution in [3.63, 3.8) is 0 Å². The summed E-state index contributed by atoms with van der Waals surface area (Å²) in [7, 11) is 0. The second-order valence-electron chi connectivity index (χ2n) is 4.62. The van der Waals surface area contributed by atoms with Crippen molar-refractivity contribution in [3.8, 4) is 5.75 Å². The Morgan fingerprint density at radius 3 is 2.28 bits per heavy atom. The van der Waals surface area contributed by atoms with Gasteiger partial charge in [0.05, 0.1) is 0 Å². The van der Waals surface area contributed by atoms with Gasteiger partial charge in [0.25, 0.3) is 0 Å². The molecule has 0 saturated heterocycles. The molecular formula is C16H17FO. The van der Waals surface area contributed by atoms with E-state index in [2.05, 4.69) is 26.0 Å². The van der Waals surface area contributed by atoms with E-state index in [1.807, 2.05) is 6.07 Å². The lowest BCUT2D eigenvalue weighted by molar-refractivity contribution is 0.304. The van der Waals surface area contributed by atoms with Crippen molar-refractivity contribution >= 4 is 0 Å². The molecule has 94 valence electrons. The number of benzene rings is 2. The molecule has 2 aromatic carbocycles. The van der Waals surface area contributed by atoms with Crippen LogP contribution in [-0.4, -0.2) is 0 Å². The summed E-state index contributed by atoms with van der Waals surface area (Å²) in [5.41, 5.74) is 4.24. The van der Waals surface area contributed by atoms with Crippen LogP contribution in [0.15, 0.2) is 36.4 Å². The maximum absolute atomic E-state index is 13.3. The van der Waals surface area contributed by atoms with Crippen molar-refractivity contribution in [1.29, 1.82) is 0 Å². The highest BCUT2D eigenvalue weighted by Crippen LogP contribution is 2.18. The first kappa shape index (κ1) is 12.6. The average molecular weight is 244 g/mol. The van der Waals surface area contributed by atoms with Crippen molar-refractivity contribution < 1.29 is 9.13 Å². The van der Waals surface area contributed by atoms with E-state index in [9.17, 15) is 4.39 Å². The highest BCUT2D eigenvalue weighted by atomic mass is 19.1. The molecule has 0 N–H and O–H groups in total. The van der Waals surface area contributed by atoms with Crippen molar-refractivity contribution in [1.82, 2.24) is 0 Å². The molecule has 2 aromatic rings. The van der Waals surface area contributed by atoms with Gasteiger partial charge in [-0.05, 0) is 49.1 Å². The summed E-state index contributed by atoms with van der Waals surface area (Å²) in [4.78, 5) is 0. The molecule has 0 spiro atoms. The van der Waals surface area contributed by atoms with Crippen LogP contribution in [0.25, 0.3) is 0 Å². The van der Waals surface area contributed by atoms with Gasteiger partial charge in [0.15, 0.2) is 0 Å². The van der Waals surface area contributed by atoms with Gasteiger partial charge in [-0.1, -0.05) is 24.3 Å². The van der Waals surface area contributed by atoms with E-state index >= 15 is 0 Å². The molecule has 0 atom stereocenters. The fraction of sp³-hybridized carbons (Fsp3) is 0.250. The largest absolute Gasteiger partial charge is 0.489 e. The zero-order chi connectivity index (χ0) is 13.1. The minimum absolute atomic E-state index is 0.229. The molecule has 0 fully saturated rings. The zero-order valence-corrected chi connectivity index (χ0v) is 11.0. The molecule has 2 heteroatoms. The van der Waals surface area contributed by atoms with Gasteiger partial charge in [-0.25, -0.2) is 4.39 Å². The first-order valence-electron chi connectivity index (χ1n) is 6.01. The van der Waals surface area contributed by atoms with Crippen molar-refractivity contribution in [2.75, 3.05) is 0 Å². The fourth-order valence-corrected chi connectivity index (χ4v) is 1.72. The van der Waals surface area contributed by atoms with Crippen molar-refractivity contribution in [3.05, 3.63) is 64.5 Å². The van der Waals surface area contributed by atoms with Gasteiger partial charge in [-0.2, -0.15) is 0 Å². The molecule has 0 aliphatic heterocycles.